The SMILES string of the molecule is CCOc1ccc2oc(C(=O)NC3CCN(C(=O)c4ccoc4)CC3)c(C)c2c1. The van der Waals surface area contributed by atoms with Gasteiger partial charge in [0.1, 0.15) is 17.6 Å². The lowest BCUT2D eigenvalue weighted by molar-refractivity contribution is 0.0695. The Morgan fingerprint density at radius 2 is 2.03 bits per heavy atom. The van der Waals surface area contributed by atoms with Gasteiger partial charge in [-0.3, -0.25) is 9.59 Å². The monoisotopic (exact) mass is 396 g/mol. The smallest absolute Gasteiger partial charge is 0.287 e. The molecule has 0 spiro atoms. The van der Waals surface area contributed by atoms with Crippen molar-refractivity contribution in [3.05, 3.63) is 53.7 Å². The molecule has 1 fully saturated rings. The topological polar surface area (TPSA) is 84.9 Å². The maximum Gasteiger partial charge on any atom is 0.287 e. The van der Waals surface area contributed by atoms with Crippen molar-refractivity contribution < 1.29 is 23.2 Å². The third kappa shape index (κ3) is 3.85. The van der Waals surface area contributed by atoms with E-state index in [1.807, 2.05) is 32.0 Å². The number of carbonyl (C=O) groups is 2. The van der Waals surface area contributed by atoms with E-state index in [0.29, 0.717) is 49.4 Å². The van der Waals surface area contributed by atoms with E-state index in [-0.39, 0.29) is 17.9 Å². The van der Waals surface area contributed by atoms with Crippen LogP contribution in [0.3, 0.4) is 0 Å². The minimum atomic E-state index is -0.226. The van der Waals surface area contributed by atoms with E-state index in [1.54, 1.807) is 11.0 Å². The van der Waals surface area contributed by atoms with E-state index in [4.69, 9.17) is 13.6 Å². The van der Waals surface area contributed by atoms with E-state index in [2.05, 4.69) is 5.32 Å². The predicted molar refractivity (Wildman–Crippen MR) is 107 cm³/mol. The summed E-state index contributed by atoms with van der Waals surface area (Å²) in [4.78, 5) is 27.0. The van der Waals surface area contributed by atoms with E-state index < -0.39 is 0 Å². The van der Waals surface area contributed by atoms with Crippen molar-refractivity contribution >= 4 is 22.8 Å². The fraction of sp³-hybridized carbons (Fsp3) is 0.364. The number of aryl methyl sites for hydroxylation is 1. The summed E-state index contributed by atoms with van der Waals surface area (Å²) < 4.78 is 16.3. The summed E-state index contributed by atoms with van der Waals surface area (Å²) >= 11 is 0. The zero-order valence-corrected chi connectivity index (χ0v) is 16.6. The van der Waals surface area contributed by atoms with E-state index in [1.165, 1.54) is 12.5 Å². The molecule has 1 N–H and O–H groups in total. The summed E-state index contributed by atoms with van der Waals surface area (Å²) in [6, 6.07) is 7.22. The van der Waals surface area contributed by atoms with Gasteiger partial charge in [0.15, 0.2) is 5.76 Å². The minimum Gasteiger partial charge on any atom is -0.494 e. The fourth-order valence-electron chi connectivity index (χ4n) is 3.72. The molecule has 1 aliphatic heterocycles. The highest BCUT2D eigenvalue weighted by atomic mass is 16.5. The van der Waals surface area contributed by atoms with Crippen LogP contribution in [0.2, 0.25) is 0 Å². The van der Waals surface area contributed by atoms with Crippen LogP contribution in [0, 0.1) is 6.92 Å². The number of likely N-dealkylation sites (tertiary alicyclic amines) is 1. The van der Waals surface area contributed by atoms with Crippen LogP contribution >= 0.6 is 0 Å². The third-order valence-corrected chi connectivity index (χ3v) is 5.31. The fourth-order valence-corrected chi connectivity index (χ4v) is 3.72. The Morgan fingerprint density at radius 3 is 2.72 bits per heavy atom. The van der Waals surface area contributed by atoms with Gasteiger partial charge in [-0.2, -0.15) is 0 Å². The zero-order chi connectivity index (χ0) is 20.4. The first-order valence-electron chi connectivity index (χ1n) is 9.85. The lowest BCUT2D eigenvalue weighted by Gasteiger charge is -2.32. The molecule has 152 valence electrons. The number of amides is 2. The van der Waals surface area contributed by atoms with Crippen molar-refractivity contribution in [3.8, 4) is 5.75 Å². The van der Waals surface area contributed by atoms with Gasteiger partial charge in [-0.25, -0.2) is 0 Å². The second kappa shape index (κ2) is 8.03. The minimum absolute atomic E-state index is 0.00231. The second-order valence-electron chi connectivity index (χ2n) is 7.20. The molecule has 0 radical (unpaired) electrons. The zero-order valence-electron chi connectivity index (χ0n) is 16.6. The van der Waals surface area contributed by atoms with Crippen molar-refractivity contribution in [1.82, 2.24) is 10.2 Å². The Kier molecular flexibility index (Phi) is 5.29. The van der Waals surface area contributed by atoms with Crippen LogP contribution in [0.4, 0.5) is 0 Å². The highest BCUT2D eigenvalue weighted by Crippen LogP contribution is 2.29. The molecule has 29 heavy (non-hydrogen) atoms. The summed E-state index contributed by atoms with van der Waals surface area (Å²) in [7, 11) is 0. The van der Waals surface area contributed by atoms with Gasteiger partial charge in [0, 0.05) is 30.1 Å². The number of nitrogens with zero attached hydrogens (tertiary/aromatic N) is 1. The summed E-state index contributed by atoms with van der Waals surface area (Å²) in [5, 5.41) is 3.93. The first kappa shape index (κ1) is 19.1. The van der Waals surface area contributed by atoms with Gasteiger partial charge >= 0.3 is 0 Å². The number of piperidine rings is 1. The normalized spacial score (nSPS) is 14.9. The number of benzene rings is 1. The molecule has 1 aliphatic rings. The van der Waals surface area contributed by atoms with Crippen LogP contribution in [-0.4, -0.2) is 42.5 Å². The maximum atomic E-state index is 12.8. The summed E-state index contributed by atoms with van der Waals surface area (Å²) in [5.74, 6) is 0.814. The largest absolute Gasteiger partial charge is 0.494 e. The van der Waals surface area contributed by atoms with Gasteiger partial charge in [0.25, 0.3) is 11.8 Å². The number of rotatable bonds is 5. The maximum absolute atomic E-state index is 12.8. The molecule has 3 aromatic rings. The predicted octanol–water partition coefficient (Wildman–Crippen LogP) is 3.77. The second-order valence-corrected chi connectivity index (χ2v) is 7.20. The molecular weight excluding hydrogens is 372 g/mol. The highest BCUT2D eigenvalue weighted by molar-refractivity contribution is 5.99. The molecule has 4 rings (SSSR count). The van der Waals surface area contributed by atoms with Gasteiger partial charge in [0.2, 0.25) is 0 Å². The summed E-state index contributed by atoms with van der Waals surface area (Å²) in [6.07, 6.45) is 4.34. The number of furan rings is 2. The standard InChI is InChI=1S/C22H24N2O5/c1-3-28-17-4-5-19-18(12-17)14(2)20(29-19)21(25)23-16-6-9-24(10-7-16)22(26)15-8-11-27-13-15/h4-5,8,11-13,16H,3,6-7,9-10H2,1-2H3,(H,23,25). The van der Waals surface area contributed by atoms with E-state index in [9.17, 15) is 9.59 Å². The molecule has 0 aliphatic carbocycles. The number of ether oxygens (including phenoxy) is 1. The number of hydrogen-bond donors (Lipinski definition) is 1. The van der Waals surface area contributed by atoms with Crippen LogP contribution in [0.25, 0.3) is 11.0 Å². The van der Waals surface area contributed by atoms with Crippen molar-refractivity contribution in [2.24, 2.45) is 0 Å². The molecule has 1 aromatic carbocycles. The molecule has 2 amide bonds. The number of carbonyl (C=O) groups excluding carboxylic acids is 2. The van der Waals surface area contributed by atoms with E-state index in [0.717, 1.165) is 16.7 Å². The third-order valence-electron chi connectivity index (χ3n) is 5.31. The molecule has 3 heterocycles. The lowest BCUT2D eigenvalue weighted by atomic mass is 10.0. The first-order chi connectivity index (χ1) is 14.1. The van der Waals surface area contributed by atoms with Crippen molar-refractivity contribution in [2.45, 2.75) is 32.7 Å². The Hall–Kier alpha value is -3.22. The van der Waals surface area contributed by atoms with Gasteiger partial charge < -0.3 is 23.8 Å². The van der Waals surface area contributed by atoms with E-state index >= 15 is 0 Å². The Labute approximate surface area is 168 Å². The molecule has 1 saturated heterocycles. The number of nitrogens with one attached hydrogen (secondary N) is 1. The van der Waals surface area contributed by atoms with Crippen LogP contribution in [0.15, 0.2) is 45.6 Å². The van der Waals surface area contributed by atoms with Gasteiger partial charge in [0.05, 0.1) is 18.4 Å². The molecule has 0 bridgehead atoms. The first-order valence-corrected chi connectivity index (χ1v) is 9.85. The average molecular weight is 396 g/mol. The Morgan fingerprint density at radius 1 is 1.24 bits per heavy atom. The van der Waals surface area contributed by atoms with Crippen molar-refractivity contribution in [3.63, 3.8) is 0 Å². The molecule has 2 aromatic heterocycles. The Balaban J connectivity index is 1.40. The molecule has 7 heteroatoms. The summed E-state index contributed by atoms with van der Waals surface area (Å²) in [6.45, 7) is 5.57. The average Bonchev–Trinajstić information content (AvgIpc) is 3.37. The summed E-state index contributed by atoms with van der Waals surface area (Å²) in [5.41, 5.74) is 2.01. The molecular formula is C22H24N2O5. The lowest BCUT2D eigenvalue weighted by Crippen LogP contribution is -2.46. The van der Waals surface area contributed by atoms with Gasteiger partial charge in [-0.05, 0) is 51.0 Å². The molecule has 0 atom stereocenters. The van der Waals surface area contributed by atoms with Crippen molar-refractivity contribution in [1.29, 1.82) is 0 Å². The van der Waals surface area contributed by atoms with Crippen molar-refractivity contribution in [2.75, 3.05) is 19.7 Å². The highest BCUT2D eigenvalue weighted by Gasteiger charge is 2.27. The number of hydrogen-bond acceptors (Lipinski definition) is 5. The van der Waals surface area contributed by atoms with Gasteiger partial charge in [-0.1, -0.05) is 0 Å². The molecule has 0 saturated carbocycles. The number of fused-ring (bicyclic) bond motifs is 1. The van der Waals surface area contributed by atoms with Crippen LogP contribution in [0.5, 0.6) is 5.75 Å². The molecule has 0 unspecified atom stereocenters. The van der Waals surface area contributed by atoms with Crippen LogP contribution in [-0.2, 0) is 0 Å². The van der Waals surface area contributed by atoms with Crippen LogP contribution < -0.4 is 10.1 Å². The van der Waals surface area contributed by atoms with Crippen LogP contribution in [0.1, 0.15) is 46.2 Å². The quantitative estimate of drug-likeness (QED) is 0.710. The van der Waals surface area contributed by atoms with Gasteiger partial charge in [-0.15, -0.1) is 0 Å². The molecule has 7 nitrogen and oxygen atoms in total. The Bertz CT molecular complexity index is 1010.